The van der Waals surface area contributed by atoms with Gasteiger partial charge in [-0.1, -0.05) is 12.1 Å². The van der Waals surface area contributed by atoms with E-state index in [-0.39, 0.29) is 0 Å². The fourth-order valence-corrected chi connectivity index (χ4v) is 1.57. The van der Waals surface area contributed by atoms with Crippen molar-refractivity contribution in [3.05, 3.63) is 41.7 Å². The van der Waals surface area contributed by atoms with E-state index in [1.165, 1.54) is 23.0 Å². The molecule has 0 saturated carbocycles. The average Bonchev–Trinajstić information content (AvgIpc) is 2.86. The van der Waals surface area contributed by atoms with Crippen molar-refractivity contribution in [3.8, 4) is 5.69 Å². The third-order valence-electron chi connectivity index (χ3n) is 2.70. The number of hydrogen-bond acceptors (Lipinski definition) is 3. The predicted molar refractivity (Wildman–Crippen MR) is 61.6 cm³/mol. The molecule has 0 bridgehead atoms. The number of aliphatic hydroxyl groups is 1. The number of aliphatic hydroxyl groups excluding tert-OH is 1. The van der Waals surface area contributed by atoms with E-state index in [0.29, 0.717) is 17.8 Å². The van der Waals surface area contributed by atoms with Gasteiger partial charge in [0.25, 0.3) is 0 Å². The molecule has 1 N–H and O–H groups in total. The van der Waals surface area contributed by atoms with Gasteiger partial charge < -0.3 is 5.11 Å². The van der Waals surface area contributed by atoms with Crippen LogP contribution in [0.25, 0.3) is 5.69 Å². The Morgan fingerprint density at radius 3 is 2.42 bits per heavy atom. The minimum Gasteiger partial charge on any atom is -0.387 e. The Morgan fingerprint density at radius 2 is 1.89 bits per heavy atom. The van der Waals surface area contributed by atoms with Crippen molar-refractivity contribution in [1.82, 2.24) is 15.0 Å². The quantitative estimate of drug-likeness (QED) is 0.933. The molecule has 102 valence electrons. The van der Waals surface area contributed by atoms with Crippen LogP contribution in [0, 0.1) is 0 Å². The van der Waals surface area contributed by atoms with Gasteiger partial charge in [-0.3, -0.25) is 0 Å². The molecular weight excluding hydrogens is 259 g/mol. The predicted octanol–water partition coefficient (Wildman–Crippen LogP) is 2.73. The molecule has 1 aromatic carbocycles. The summed E-state index contributed by atoms with van der Waals surface area (Å²) in [6.45, 7) is 1.79. The maximum atomic E-state index is 12.4. The van der Waals surface area contributed by atoms with E-state index in [1.807, 2.05) is 0 Å². The van der Waals surface area contributed by atoms with Crippen molar-refractivity contribution < 1.29 is 18.3 Å². The molecule has 0 aliphatic carbocycles. The molecule has 0 radical (unpaired) electrons. The van der Waals surface area contributed by atoms with Gasteiger partial charge in [-0.15, -0.1) is 5.10 Å². The van der Waals surface area contributed by atoms with E-state index in [2.05, 4.69) is 10.3 Å². The Labute approximate surface area is 107 Å². The molecule has 1 atom stereocenters. The average molecular weight is 271 g/mol. The van der Waals surface area contributed by atoms with Gasteiger partial charge in [-0.05, 0) is 30.7 Å². The van der Waals surface area contributed by atoms with Gasteiger partial charge in [-0.25, -0.2) is 4.68 Å². The largest absolute Gasteiger partial charge is 0.416 e. The Morgan fingerprint density at radius 1 is 1.26 bits per heavy atom. The Bertz CT molecular complexity index is 548. The van der Waals surface area contributed by atoms with Crippen LogP contribution < -0.4 is 0 Å². The lowest BCUT2D eigenvalue weighted by Gasteiger charge is -2.07. The molecule has 19 heavy (non-hydrogen) atoms. The lowest BCUT2D eigenvalue weighted by molar-refractivity contribution is -0.137. The highest BCUT2D eigenvalue weighted by molar-refractivity contribution is 5.34. The van der Waals surface area contributed by atoms with E-state index >= 15 is 0 Å². The summed E-state index contributed by atoms with van der Waals surface area (Å²) in [6, 6.07) is 4.57. The van der Waals surface area contributed by atoms with Crippen LogP contribution in [0.3, 0.4) is 0 Å². The first-order chi connectivity index (χ1) is 8.91. The van der Waals surface area contributed by atoms with E-state index < -0.39 is 17.8 Å². The lowest BCUT2D eigenvalue weighted by atomic mass is 10.2. The van der Waals surface area contributed by atoms with Gasteiger partial charge >= 0.3 is 6.18 Å². The van der Waals surface area contributed by atoms with E-state index in [0.717, 1.165) is 12.1 Å². The fraction of sp³-hybridized carbons (Fsp3) is 0.333. The Kier molecular flexibility index (Phi) is 3.57. The van der Waals surface area contributed by atoms with Gasteiger partial charge in [-0.2, -0.15) is 13.2 Å². The van der Waals surface area contributed by atoms with Crippen molar-refractivity contribution in [2.75, 3.05) is 0 Å². The smallest absolute Gasteiger partial charge is 0.387 e. The Hall–Kier alpha value is -1.89. The SMILES string of the molecule is CCC(O)c1cn(-c2ccc(C(F)(F)F)cc2)nn1. The molecule has 7 heteroatoms. The summed E-state index contributed by atoms with van der Waals surface area (Å²) in [5.74, 6) is 0. The molecule has 1 aromatic heterocycles. The maximum Gasteiger partial charge on any atom is 0.416 e. The topological polar surface area (TPSA) is 50.9 Å². The van der Waals surface area contributed by atoms with Crippen LogP contribution in [0.1, 0.15) is 30.7 Å². The number of rotatable bonds is 3. The normalized spacial score (nSPS) is 13.5. The standard InChI is InChI=1S/C12H12F3N3O/c1-2-11(19)10-7-18(17-16-10)9-5-3-8(4-6-9)12(13,14)15/h3-7,11,19H,2H2,1H3. The number of hydrogen-bond donors (Lipinski definition) is 1. The molecule has 2 aromatic rings. The highest BCUT2D eigenvalue weighted by atomic mass is 19.4. The Balaban J connectivity index is 2.25. The second-order valence-corrected chi connectivity index (χ2v) is 4.06. The van der Waals surface area contributed by atoms with Crippen molar-refractivity contribution in [2.45, 2.75) is 25.6 Å². The molecule has 1 heterocycles. The highest BCUT2D eigenvalue weighted by Gasteiger charge is 2.30. The van der Waals surface area contributed by atoms with Crippen LogP contribution in [0.5, 0.6) is 0 Å². The van der Waals surface area contributed by atoms with Crippen molar-refractivity contribution >= 4 is 0 Å². The van der Waals surface area contributed by atoms with Crippen molar-refractivity contribution in [1.29, 1.82) is 0 Å². The molecule has 0 aliphatic rings. The molecular formula is C12H12F3N3O. The van der Waals surface area contributed by atoms with Crippen LogP contribution in [0.15, 0.2) is 30.5 Å². The van der Waals surface area contributed by atoms with Gasteiger partial charge in [0.15, 0.2) is 0 Å². The maximum absolute atomic E-state index is 12.4. The fourth-order valence-electron chi connectivity index (χ4n) is 1.57. The van der Waals surface area contributed by atoms with Crippen LogP contribution in [0.2, 0.25) is 0 Å². The van der Waals surface area contributed by atoms with E-state index in [9.17, 15) is 18.3 Å². The first kappa shape index (κ1) is 13.5. The van der Waals surface area contributed by atoms with Crippen LogP contribution in [-0.4, -0.2) is 20.1 Å². The number of halogens is 3. The van der Waals surface area contributed by atoms with E-state index in [1.54, 1.807) is 6.92 Å². The summed E-state index contributed by atoms with van der Waals surface area (Å²) < 4.78 is 38.6. The van der Waals surface area contributed by atoms with Crippen LogP contribution in [-0.2, 0) is 6.18 Å². The number of nitrogens with zero attached hydrogens (tertiary/aromatic N) is 3. The minimum atomic E-state index is -4.36. The minimum absolute atomic E-state index is 0.391. The van der Waals surface area contributed by atoms with Crippen molar-refractivity contribution in [3.63, 3.8) is 0 Å². The van der Waals surface area contributed by atoms with Gasteiger partial charge in [0, 0.05) is 0 Å². The molecule has 2 rings (SSSR count). The second kappa shape index (κ2) is 5.00. The number of aromatic nitrogens is 3. The summed E-state index contributed by atoms with van der Waals surface area (Å²) in [5, 5.41) is 17.1. The van der Waals surface area contributed by atoms with Crippen molar-refractivity contribution in [2.24, 2.45) is 0 Å². The molecule has 0 fully saturated rings. The third kappa shape index (κ3) is 2.93. The summed E-state index contributed by atoms with van der Waals surface area (Å²) in [5.41, 5.74) is 0.127. The summed E-state index contributed by atoms with van der Waals surface area (Å²) in [6.07, 6.45) is -3.09. The van der Waals surface area contributed by atoms with Gasteiger partial charge in [0.2, 0.25) is 0 Å². The zero-order valence-electron chi connectivity index (χ0n) is 10.1. The number of alkyl halides is 3. The highest BCUT2D eigenvalue weighted by Crippen LogP contribution is 2.29. The van der Waals surface area contributed by atoms with Crippen LogP contribution in [0.4, 0.5) is 13.2 Å². The zero-order chi connectivity index (χ0) is 14.0. The zero-order valence-corrected chi connectivity index (χ0v) is 10.1. The number of benzene rings is 1. The molecule has 0 aliphatic heterocycles. The summed E-state index contributed by atoms with van der Waals surface area (Å²) >= 11 is 0. The van der Waals surface area contributed by atoms with Gasteiger partial charge in [0.1, 0.15) is 5.69 Å². The molecule has 0 spiro atoms. The third-order valence-corrected chi connectivity index (χ3v) is 2.70. The second-order valence-electron chi connectivity index (χ2n) is 4.06. The van der Waals surface area contributed by atoms with E-state index in [4.69, 9.17) is 0 Å². The molecule has 0 saturated heterocycles. The molecule has 1 unspecified atom stereocenters. The van der Waals surface area contributed by atoms with Crippen LogP contribution >= 0.6 is 0 Å². The molecule has 4 nitrogen and oxygen atoms in total. The van der Waals surface area contributed by atoms with Gasteiger partial charge in [0.05, 0.1) is 23.6 Å². The monoisotopic (exact) mass is 271 g/mol. The first-order valence-electron chi connectivity index (χ1n) is 5.69. The lowest BCUT2D eigenvalue weighted by Crippen LogP contribution is -2.05. The molecule has 0 amide bonds. The summed E-state index contributed by atoms with van der Waals surface area (Å²) in [4.78, 5) is 0. The first-order valence-corrected chi connectivity index (χ1v) is 5.69. The summed E-state index contributed by atoms with van der Waals surface area (Å²) in [7, 11) is 0.